The topological polar surface area (TPSA) is 83.2 Å². The SMILES string of the molecule is CCOC1CCN(CC(=O)Nc2c(C#N)cnn2-c2ccccc2)CC1. The maximum Gasteiger partial charge on any atom is 0.239 e. The molecule has 0 aliphatic carbocycles. The highest BCUT2D eigenvalue weighted by Crippen LogP contribution is 2.20. The summed E-state index contributed by atoms with van der Waals surface area (Å²) in [5.41, 5.74) is 1.14. The minimum atomic E-state index is -0.144. The number of carbonyl (C=O) groups is 1. The van der Waals surface area contributed by atoms with Gasteiger partial charge >= 0.3 is 0 Å². The van der Waals surface area contributed by atoms with Crippen LogP contribution >= 0.6 is 0 Å². The van der Waals surface area contributed by atoms with Crippen LogP contribution in [0.4, 0.5) is 5.82 Å². The lowest BCUT2D eigenvalue weighted by Gasteiger charge is -2.31. The first-order valence-corrected chi connectivity index (χ1v) is 8.88. The number of para-hydroxylation sites is 1. The number of nitriles is 1. The predicted octanol–water partition coefficient (Wildman–Crippen LogP) is 2.18. The molecule has 136 valence electrons. The maximum atomic E-state index is 12.5. The molecule has 1 aromatic carbocycles. The summed E-state index contributed by atoms with van der Waals surface area (Å²) in [4.78, 5) is 14.6. The van der Waals surface area contributed by atoms with Crippen molar-refractivity contribution in [3.8, 4) is 11.8 Å². The van der Waals surface area contributed by atoms with Gasteiger partial charge in [0.1, 0.15) is 11.6 Å². The van der Waals surface area contributed by atoms with Crippen molar-refractivity contribution in [1.29, 1.82) is 5.26 Å². The number of nitrogens with one attached hydrogen (secondary N) is 1. The summed E-state index contributed by atoms with van der Waals surface area (Å²) < 4.78 is 7.22. The summed E-state index contributed by atoms with van der Waals surface area (Å²) in [6.45, 7) is 4.69. The van der Waals surface area contributed by atoms with E-state index >= 15 is 0 Å². The molecule has 0 bridgehead atoms. The van der Waals surface area contributed by atoms with Crippen molar-refractivity contribution in [3.05, 3.63) is 42.1 Å². The van der Waals surface area contributed by atoms with Crippen LogP contribution in [0.25, 0.3) is 5.69 Å². The molecule has 2 heterocycles. The lowest BCUT2D eigenvalue weighted by Crippen LogP contribution is -2.41. The standard InChI is InChI=1S/C19H23N5O2/c1-2-26-17-8-10-23(11-9-17)14-18(25)22-19-15(12-20)13-21-24(19)16-6-4-3-5-7-16/h3-7,13,17H,2,8-11,14H2,1H3,(H,22,25). The quantitative estimate of drug-likeness (QED) is 0.861. The lowest BCUT2D eigenvalue weighted by atomic mass is 10.1. The van der Waals surface area contributed by atoms with E-state index in [1.807, 2.05) is 37.3 Å². The fourth-order valence-electron chi connectivity index (χ4n) is 3.16. The number of benzene rings is 1. The molecule has 1 aromatic heterocycles. The molecule has 0 radical (unpaired) electrons. The molecule has 1 aliphatic heterocycles. The molecule has 0 unspecified atom stereocenters. The number of ether oxygens (including phenoxy) is 1. The van der Waals surface area contributed by atoms with Crippen molar-refractivity contribution in [2.45, 2.75) is 25.9 Å². The van der Waals surface area contributed by atoms with E-state index in [-0.39, 0.29) is 5.91 Å². The number of likely N-dealkylation sites (tertiary alicyclic amines) is 1. The first-order valence-electron chi connectivity index (χ1n) is 8.88. The Kier molecular flexibility index (Phi) is 6.00. The van der Waals surface area contributed by atoms with Gasteiger partial charge < -0.3 is 10.1 Å². The summed E-state index contributed by atoms with van der Waals surface area (Å²) >= 11 is 0. The number of amides is 1. The van der Waals surface area contributed by atoms with E-state index in [4.69, 9.17) is 4.74 Å². The van der Waals surface area contributed by atoms with Gasteiger partial charge in [0.25, 0.3) is 0 Å². The monoisotopic (exact) mass is 353 g/mol. The van der Waals surface area contributed by atoms with Crippen molar-refractivity contribution in [2.24, 2.45) is 0 Å². The van der Waals surface area contributed by atoms with E-state index < -0.39 is 0 Å². The molecule has 2 aromatic rings. The molecule has 0 saturated carbocycles. The van der Waals surface area contributed by atoms with Crippen LogP contribution < -0.4 is 5.32 Å². The van der Waals surface area contributed by atoms with Crippen molar-refractivity contribution in [2.75, 3.05) is 31.6 Å². The Morgan fingerprint density at radius 1 is 1.35 bits per heavy atom. The molecule has 26 heavy (non-hydrogen) atoms. The van der Waals surface area contributed by atoms with Gasteiger partial charge in [-0.25, -0.2) is 4.68 Å². The Morgan fingerprint density at radius 3 is 2.73 bits per heavy atom. The van der Waals surface area contributed by atoms with Crippen LogP contribution in [0.2, 0.25) is 0 Å². The predicted molar refractivity (Wildman–Crippen MR) is 98.0 cm³/mol. The zero-order valence-electron chi connectivity index (χ0n) is 14.9. The van der Waals surface area contributed by atoms with Crippen LogP contribution in [0.15, 0.2) is 36.5 Å². The van der Waals surface area contributed by atoms with Gasteiger partial charge in [-0.05, 0) is 31.9 Å². The van der Waals surface area contributed by atoms with E-state index in [2.05, 4.69) is 21.4 Å². The van der Waals surface area contributed by atoms with Crippen LogP contribution in [-0.2, 0) is 9.53 Å². The Balaban J connectivity index is 1.65. The van der Waals surface area contributed by atoms with Gasteiger partial charge in [-0.15, -0.1) is 0 Å². The van der Waals surface area contributed by atoms with Gasteiger partial charge in [0, 0.05) is 19.7 Å². The average molecular weight is 353 g/mol. The van der Waals surface area contributed by atoms with Gasteiger partial charge in [0.05, 0.1) is 24.5 Å². The van der Waals surface area contributed by atoms with Crippen LogP contribution in [0.5, 0.6) is 0 Å². The van der Waals surface area contributed by atoms with Crippen LogP contribution in [0.3, 0.4) is 0 Å². The Hall–Kier alpha value is -2.69. The van der Waals surface area contributed by atoms with E-state index in [0.717, 1.165) is 38.2 Å². The number of piperidine rings is 1. The van der Waals surface area contributed by atoms with Crippen LogP contribution in [-0.4, -0.2) is 52.9 Å². The minimum Gasteiger partial charge on any atom is -0.378 e. The van der Waals surface area contributed by atoms with E-state index in [1.54, 1.807) is 4.68 Å². The summed E-state index contributed by atoms with van der Waals surface area (Å²) in [6.07, 6.45) is 3.64. The fourth-order valence-corrected chi connectivity index (χ4v) is 3.16. The van der Waals surface area contributed by atoms with E-state index in [0.29, 0.717) is 24.0 Å². The zero-order valence-corrected chi connectivity index (χ0v) is 14.9. The number of hydrogen-bond acceptors (Lipinski definition) is 5. The molecule has 1 amide bonds. The third-order valence-electron chi connectivity index (χ3n) is 4.45. The normalized spacial score (nSPS) is 15.5. The highest BCUT2D eigenvalue weighted by molar-refractivity contribution is 5.92. The van der Waals surface area contributed by atoms with Gasteiger partial charge in [-0.3, -0.25) is 9.69 Å². The van der Waals surface area contributed by atoms with Gasteiger partial charge in [-0.2, -0.15) is 10.4 Å². The molecule has 1 fully saturated rings. The first-order chi connectivity index (χ1) is 12.7. The van der Waals surface area contributed by atoms with Gasteiger partial charge in [0.15, 0.2) is 5.82 Å². The molecular formula is C19H23N5O2. The van der Waals surface area contributed by atoms with E-state index in [1.165, 1.54) is 6.20 Å². The smallest absolute Gasteiger partial charge is 0.239 e. The number of rotatable bonds is 6. The second kappa shape index (κ2) is 8.61. The maximum absolute atomic E-state index is 12.5. The highest BCUT2D eigenvalue weighted by atomic mass is 16.5. The Labute approximate surface area is 153 Å². The summed E-state index contributed by atoms with van der Waals surface area (Å²) in [7, 11) is 0. The molecule has 3 rings (SSSR count). The molecule has 1 N–H and O–H groups in total. The second-order valence-electron chi connectivity index (χ2n) is 6.25. The van der Waals surface area contributed by atoms with E-state index in [9.17, 15) is 10.1 Å². The number of nitrogens with zero attached hydrogens (tertiary/aromatic N) is 4. The number of aromatic nitrogens is 2. The molecule has 0 spiro atoms. The molecule has 7 heteroatoms. The Morgan fingerprint density at radius 2 is 2.08 bits per heavy atom. The van der Waals surface area contributed by atoms with Crippen LogP contribution in [0.1, 0.15) is 25.3 Å². The second-order valence-corrected chi connectivity index (χ2v) is 6.25. The number of hydrogen-bond donors (Lipinski definition) is 1. The third-order valence-corrected chi connectivity index (χ3v) is 4.45. The first kappa shape index (κ1) is 18.1. The largest absolute Gasteiger partial charge is 0.378 e. The number of anilines is 1. The number of carbonyl (C=O) groups excluding carboxylic acids is 1. The average Bonchev–Trinajstić information content (AvgIpc) is 3.06. The summed E-state index contributed by atoms with van der Waals surface area (Å²) in [6, 6.07) is 11.5. The fraction of sp³-hybridized carbons (Fsp3) is 0.421. The Bertz CT molecular complexity index is 773. The third kappa shape index (κ3) is 4.28. The van der Waals surface area contributed by atoms with Crippen LogP contribution in [0, 0.1) is 11.3 Å². The summed E-state index contributed by atoms with van der Waals surface area (Å²) in [5, 5.41) is 16.4. The van der Waals surface area contributed by atoms with Crippen molar-refractivity contribution in [1.82, 2.24) is 14.7 Å². The van der Waals surface area contributed by atoms with Crippen molar-refractivity contribution in [3.63, 3.8) is 0 Å². The molecule has 1 saturated heterocycles. The molecule has 7 nitrogen and oxygen atoms in total. The van der Waals surface area contributed by atoms with Gasteiger partial charge in [0.2, 0.25) is 5.91 Å². The lowest BCUT2D eigenvalue weighted by molar-refractivity contribution is -0.118. The molecule has 1 aliphatic rings. The zero-order chi connectivity index (χ0) is 18.4. The highest BCUT2D eigenvalue weighted by Gasteiger charge is 2.22. The minimum absolute atomic E-state index is 0.144. The van der Waals surface area contributed by atoms with Gasteiger partial charge in [-0.1, -0.05) is 18.2 Å². The van der Waals surface area contributed by atoms with Crippen molar-refractivity contribution >= 4 is 11.7 Å². The molecular weight excluding hydrogens is 330 g/mol. The summed E-state index contributed by atoms with van der Waals surface area (Å²) in [5.74, 6) is 0.266. The van der Waals surface area contributed by atoms with Crippen molar-refractivity contribution < 1.29 is 9.53 Å². The molecule has 0 atom stereocenters.